The largest absolute Gasteiger partial charge is 0.465 e. The van der Waals surface area contributed by atoms with Gasteiger partial charge in [-0.25, -0.2) is 0 Å². The van der Waals surface area contributed by atoms with Gasteiger partial charge < -0.3 is 14.8 Å². The molecule has 0 aromatic carbocycles. The maximum Gasteiger partial charge on any atom is 0.322 e. The average molecular weight is 245 g/mol. The Morgan fingerprint density at radius 3 is 2.35 bits per heavy atom. The third kappa shape index (κ3) is 8.68. The van der Waals surface area contributed by atoms with E-state index in [0.717, 1.165) is 0 Å². The maximum absolute atomic E-state index is 11.4. The van der Waals surface area contributed by atoms with Gasteiger partial charge in [-0.1, -0.05) is 0 Å². The van der Waals surface area contributed by atoms with Crippen LogP contribution in [0.25, 0.3) is 0 Å². The molecule has 1 N–H and O–H groups in total. The van der Waals surface area contributed by atoms with Gasteiger partial charge in [0, 0.05) is 6.54 Å². The SMILES string of the molecule is CCOC(=O)C(C)NCCC(=O)OC(C)(C)C. The van der Waals surface area contributed by atoms with Crippen LogP contribution >= 0.6 is 0 Å². The van der Waals surface area contributed by atoms with E-state index in [9.17, 15) is 9.59 Å². The van der Waals surface area contributed by atoms with Gasteiger partial charge in [0.1, 0.15) is 11.6 Å². The van der Waals surface area contributed by atoms with Gasteiger partial charge in [0.2, 0.25) is 0 Å². The second kappa shape index (κ2) is 7.27. The first-order valence-corrected chi connectivity index (χ1v) is 5.88. The van der Waals surface area contributed by atoms with Crippen LogP contribution in [0.1, 0.15) is 41.0 Å². The van der Waals surface area contributed by atoms with Crippen molar-refractivity contribution in [1.29, 1.82) is 0 Å². The van der Waals surface area contributed by atoms with Crippen molar-refractivity contribution < 1.29 is 19.1 Å². The summed E-state index contributed by atoms with van der Waals surface area (Å²) < 4.78 is 9.96. The lowest BCUT2D eigenvalue weighted by Crippen LogP contribution is -2.37. The molecule has 0 aliphatic rings. The van der Waals surface area contributed by atoms with Crippen LogP contribution in [-0.2, 0) is 19.1 Å². The summed E-state index contributed by atoms with van der Waals surface area (Å²) in [6, 6.07) is -0.405. The van der Waals surface area contributed by atoms with Crippen LogP contribution in [0.5, 0.6) is 0 Å². The number of ether oxygens (including phenoxy) is 2. The van der Waals surface area contributed by atoms with Crippen molar-refractivity contribution in [2.24, 2.45) is 0 Å². The molecule has 17 heavy (non-hydrogen) atoms. The van der Waals surface area contributed by atoms with E-state index in [1.165, 1.54) is 0 Å². The number of esters is 2. The Morgan fingerprint density at radius 1 is 1.29 bits per heavy atom. The van der Waals surface area contributed by atoms with Crippen LogP contribution in [0.15, 0.2) is 0 Å². The smallest absolute Gasteiger partial charge is 0.322 e. The zero-order valence-corrected chi connectivity index (χ0v) is 11.3. The Labute approximate surface area is 103 Å². The van der Waals surface area contributed by atoms with Crippen LogP contribution < -0.4 is 5.32 Å². The minimum absolute atomic E-state index is 0.237. The van der Waals surface area contributed by atoms with Gasteiger partial charge >= 0.3 is 11.9 Å². The Hall–Kier alpha value is -1.10. The molecular formula is C12H23NO4. The topological polar surface area (TPSA) is 64.6 Å². The van der Waals surface area contributed by atoms with Gasteiger partial charge in [-0.15, -0.1) is 0 Å². The molecule has 1 unspecified atom stereocenters. The highest BCUT2D eigenvalue weighted by molar-refractivity contribution is 5.75. The molecule has 0 radical (unpaired) electrons. The highest BCUT2D eigenvalue weighted by Crippen LogP contribution is 2.07. The van der Waals surface area contributed by atoms with Gasteiger partial charge in [0.15, 0.2) is 0 Å². The van der Waals surface area contributed by atoms with E-state index in [-0.39, 0.29) is 18.4 Å². The predicted octanol–water partition coefficient (Wildman–Crippen LogP) is 1.26. The molecule has 1 atom stereocenters. The normalized spacial score (nSPS) is 13.0. The Balaban J connectivity index is 3.77. The van der Waals surface area contributed by atoms with Gasteiger partial charge in [-0.2, -0.15) is 0 Å². The quantitative estimate of drug-likeness (QED) is 0.714. The maximum atomic E-state index is 11.4. The van der Waals surface area contributed by atoms with Crippen LogP contribution in [-0.4, -0.2) is 36.7 Å². The fraction of sp³-hybridized carbons (Fsp3) is 0.833. The van der Waals surface area contributed by atoms with Gasteiger partial charge in [0.25, 0.3) is 0 Å². The number of nitrogens with one attached hydrogen (secondary N) is 1. The lowest BCUT2D eigenvalue weighted by molar-refractivity contribution is -0.155. The van der Waals surface area contributed by atoms with E-state index in [2.05, 4.69) is 5.32 Å². The fourth-order valence-electron chi connectivity index (χ4n) is 1.13. The van der Waals surface area contributed by atoms with Crippen molar-refractivity contribution >= 4 is 11.9 Å². The number of rotatable bonds is 6. The standard InChI is InChI=1S/C12H23NO4/c1-6-16-11(15)9(2)13-8-7-10(14)17-12(3,4)5/h9,13H,6-8H2,1-5H3. The minimum Gasteiger partial charge on any atom is -0.465 e. The minimum atomic E-state index is -0.468. The first-order valence-electron chi connectivity index (χ1n) is 5.88. The second-order valence-corrected chi connectivity index (χ2v) is 4.76. The lowest BCUT2D eigenvalue weighted by atomic mass is 10.2. The molecule has 0 amide bonds. The molecule has 0 bridgehead atoms. The Bertz CT molecular complexity index is 258. The van der Waals surface area contributed by atoms with E-state index >= 15 is 0 Å². The summed E-state index contributed by atoms with van der Waals surface area (Å²) in [7, 11) is 0. The summed E-state index contributed by atoms with van der Waals surface area (Å²) >= 11 is 0. The van der Waals surface area contributed by atoms with Crippen LogP contribution in [0.4, 0.5) is 0 Å². The third-order valence-electron chi connectivity index (χ3n) is 1.84. The van der Waals surface area contributed by atoms with Crippen molar-refractivity contribution in [1.82, 2.24) is 5.32 Å². The van der Waals surface area contributed by atoms with Crippen LogP contribution in [0.3, 0.4) is 0 Å². The molecule has 0 spiro atoms. The van der Waals surface area contributed by atoms with E-state index < -0.39 is 11.6 Å². The number of carbonyl (C=O) groups excluding carboxylic acids is 2. The number of carbonyl (C=O) groups is 2. The molecule has 0 saturated carbocycles. The zero-order valence-electron chi connectivity index (χ0n) is 11.3. The Kier molecular flexibility index (Phi) is 6.80. The average Bonchev–Trinajstić information content (AvgIpc) is 2.14. The van der Waals surface area contributed by atoms with E-state index in [1.807, 2.05) is 20.8 Å². The van der Waals surface area contributed by atoms with E-state index in [4.69, 9.17) is 9.47 Å². The van der Waals surface area contributed by atoms with E-state index in [0.29, 0.717) is 13.2 Å². The van der Waals surface area contributed by atoms with Gasteiger partial charge in [-0.3, -0.25) is 9.59 Å². The van der Waals surface area contributed by atoms with Gasteiger partial charge in [0.05, 0.1) is 13.0 Å². The molecule has 0 rings (SSSR count). The molecule has 100 valence electrons. The molecule has 5 heteroatoms. The molecule has 0 aliphatic carbocycles. The summed E-state index contributed by atoms with van der Waals surface area (Å²) in [4.78, 5) is 22.6. The monoisotopic (exact) mass is 245 g/mol. The third-order valence-corrected chi connectivity index (χ3v) is 1.84. The number of hydrogen-bond donors (Lipinski definition) is 1. The summed E-state index contributed by atoms with van der Waals surface area (Å²) in [6.07, 6.45) is 0.237. The van der Waals surface area contributed by atoms with Crippen molar-refractivity contribution in [3.63, 3.8) is 0 Å². The van der Waals surface area contributed by atoms with Crippen molar-refractivity contribution in [2.45, 2.75) is 52.7 Å². The first-order chi connectivity index (χ1) is 7.76. The second-order valence-electron chi connectivity index (χ2n) is 4.76. The van der Waals surface area contributed by atoms with Crippen molar-refractivity contribution in [3.05, 3.63) is 0 Å². The van der Waals surface area contributed by atoms with Crippen molar-refractivity contribution in [3.8, 4) is 0 Å². The fourth-order valence-corrected chi connectivity index (χ4v) is 1.13. The van der Waals surface area contributed by atoms with Crippen LogP contribution in [0.2, 0.25) is 0 Å². The predicted molar refractivity (Wildman–Crippen MR) is 64.6 cm³/mol. The molecule has 0 aromatic heterocycles. The lowest BCUT2D eigenvalue weighted by Gasteiger charge is -2.19. The molecule has 0 fully saturated rings. The Morgan fingerprint density at radius 2 is 1.88 bits per heavy atom. The van der Waals surface area contributed by atoms with Gasteiger partial charge in [-0.05, 0) is 34.6 Å². The highest BCUT2D eigenvalue weighted by atomic mass is 16.6. The highest BCUT2D eigenvalue weighted by Gasteiger charge is 2.17. The summed E-state index contributed by atoms with van der Waals surface area (Å²) in [5, 5.41) is 2.91. The van der Waals surface area contributed by atoms with Crippen molar-refractivity contribution in [2.75, 3.05) is 13.2 Å². The molecule has 5 nitrogen and oxygen atoms in total. The van der Waals surface area contributed by atoms with Crippen LogP contribution in [0, 0.1) is 0 Å². The molecular weight excluding hydrogens is 222 g/mol. The summed E-state index contributed by atoms with van der Waals surface area (Å²) in [6.45, 7) is 9.67. The summed E-state index contributed by atoms with van der Waals surface area (Å²) in [5.41, 5.74) is -0.468. The molecule has 0 aromatic rings. The molecule has 0 aliphatic heterocycles. The first kappa shape index (κ1) is 15.9. The summed E-state index contributed by atoms with van der Waals surface area (Å²) in [5.74, 6) is -0.585. The zero-order chi connectivity index (χ0) is 13.5. The molecule has 0 heterocycles. The molecule has 0 saturated heterocycles. The number of hydrogen-bond acceptors (Lipinski definition) is 5. The van der Waals surface area contributed by atoms with E-state index in [1.54, 1.807) is 13.8 Å².